The molecule has 4 heteroatoms. The zero-order valence-electron chi connectivity index (χ0n) is 4.31. The summed E-state index contributed by atoms with van der Waals surface area (Å²) in [6.45, 7) is 0.725. The molecule has 1 unspecified atom stereocenters. The average molecular weight is 122 g/mol. The first-order valence-corrected chi connectivity index (χ1v) is 3.43. The van der Waals surface area contributed by atoms with Gasteiger partial charge in [0.25, 0.3) is 0 Å². The van der Waals surface area contributed by atoms with Gasteiger partial charge in [-0.05, 0) is 7.05 Å². The molecular weight excluding hydrogens is 112 g/mol. The average Bonchev–Trinajstić information content (AvgIpc) is 1.61. The predicted molar refractivity (Wildman–Crippen MR) is 31.1 cm³/mol. The van der Waals surface area contributed by atoms with E-state index in [9.17, 15) is 4.21 Å². The first kappa shape index (κ1) is 7.07. The normalized spacial score (nSPS) is 14.0. The van der Waals surface area contributed by atoms with E-state index in [1.54, 1.807) is 7.05 Å². The summed E-state index contributed by atoms with van der Waals surface area (Å²) in [5, 5.41) is 7.74. The van der Waals surface area contributed by atoms with Crippen molar-refractivity contribution in [3.05, 3.63) is 0 Å². The molecular formula is C3H10N2OS. The maximum Gasteiger partial charge on any atom is 0.0900 e. The highest BCUT2D eigenvalue weighted by Gasteiger charge is 1.84. The molecule has 0 aromatic rings. The Morgan fingerprint density at radius 3 is 2.57 bits per heavy atom. The molecule has 0 bridgehead atoms. The number of hydrogen-bond acceptors (Lipinski definition) is 2. The van der Waals surface area contributed by atoms with Gasteiger partial charge in [-0.3, -0.25) is 5.14 Å². The Hall–Kier alpha value is 0.0700. The van der Waals surface area contributed by atoms with E-state index in [4.69, 9.17) is 5.14 Å². The van der Waals surface area contributed by atoms with Crippen LogP contribution in [0.5, 0.6) is 0 Å². The second-order valence-corrected chi connectivity index (χ2v) is 2.36. The van der Waals surface area contributed by atoms with E-state index < -0.39 is 11.0 Å². The summed E-state index contributed by atoms with van der Waals surface area (Å²) in [5.41, 5.74) is 0. The number of nitrogens with one attached hydrogen (secondary N) is 1. The van der Waals surface area contributed by atoms with E-state index >= 15 is 0 Å². The third-order valence-electron chi connectivity index (χ3n) is 0.553. The highest BCUT2D eigenvalue weighted by atomic mass is 32.2. The second-order valence-electron chi connectivity index (χ2n) is 1.19. The summed E-state index contributed by atoms with van der Waals surface area (Å²) in [6.07, 6.45) is 0. The van der Waals surface area contributed by atoms with Crippen molar-refractivity contribution in [2.75, 3.05) is 19.3 Å². The molecule has 0 spiro atoms. The lowest BCUT2D eigenvalue weighted by Gasteiger charge is -1.90. The van der Waals surface area contributed by atoms with E-state index in [2.05, 4.69) is 5.32 Å². The van der Waals surface area contributed by atoms with Crippen LogP contribution in [0.4, 0.5) is 0 Å². The van der Waals surface area contributed by atoms with Gasteiger partial charge in [-0.1, -0.05) is 0 Å². The predicted octanol–water partition coefficient (Wildman–Crippen LogP) is -1.17. The minimum Gasteiger partial charge on any atom is -0.319 e. The molecule has 3 nitrogen and oxygen atoms in total. The molecule has 0 radical (unpaired) electrons. The molecule has 0 rings (SSSR count). The maximum absolute atomic E-state index is 10.1. The first-order chi connectivity index (χ1) is 3.27. The fourth-order valence-corrected chi connectivity index (χ4v) is 0.608. The molecule has 0 aliphatic rings. The molecule has 0 amide bonds. The van der Waals surface area contributed by atoms with Crippen LogP contribution >= 0.6 is 0 Å². The van der Waals surface area contributed by atoms with Crippen molar-refractivity contribution in [3.8, 4) is 0 Å². The van der Waals surface area contributed by atoms with Crippen LogP contribution in [0, 0.1) is 0 Å². The summed E-state index contributed by atoms with van der Waals surface area (Å²) >= 11 is 0. The summed E-state index contributed by atoms with van der Waals surface area (Å²) in [6, 6.07) is 0. The summed E-state index contributed by atoms with van der Waals surface area (Å²) in [7, 11) is 0.671. The number of nitrogens with two attached hydrogens (primary N) is 1. The van der Waals surface area contributed by atoms with Gasteiger partial charge < -0.3 is 5.32 Å². The molecule has 0 aliphatic heterocycles. The van der Waals surface area contributed by atoms with Crippen LogP contribution in [0.25, 0.3) is 0 Å². The molecule has 7 heavy (non-hydrogen) atoms. The molecule has 0 aromatic heterocycles. The zero-order chi connectivity index (χ0) is 5.70. The van der Waals surface area contributed by atoms with Gasteiger partial charge in [0, 0.05) is 6.54 Å². The number of rotatable bonds is 3. The second kappa shape index (κ2) is 4.23. The van der Waals surface area contributed by atoms with Crippen LogP contribution in [-0.2, 0) is 11.0 Å². The molecule has 0 aliphatic carbocycles. The molecule has 0 aromatic carbocycles. The first-order valence-electron chi connectivity index (χ1n) is 2.04. The molecule has 0 heterocycles. The standard InChI is InChI=1S/C3H10N2OS/c1-5-2-3-7(4)6/h5H,2-4H2,1H3. The van der Waals surface area contributed by atoms with E-state index in [1.807, 2.05) is 0 Å². The van der Waals surface area contributed by atoms with Crippen molar-refractivity contribution in [1.82, 2.24) is 5.32 Å². The van der Waals surface area contributed by atoms with Gasteiger partial charge in [-0.15, -0.1) is 0 Å². The SMILES string of the molecule is CNCCS(N)=O. The Morgan fingerprint density at radius 1 is 1.86 bits per heavy atom. The monoisotopic (exact) mass is 122 g/mol. The lowest BCUT2D eigenvalue weighted by Crippen LogP contribution is -2.19. The van der Waals surface area contributed by atoms with Crippen LogP contribution in [0.2, 0.25) is 0 Å². The maximum atomic E-state index is 10.1. The fourth-order valence-electron chi connectivity index (χ4n) is 0.203. The van der Waals surface area contributed by atoms with Crippen LogP contribution in [-0.4, -0.2) is 23.6 Å². The van der Waals surface area contributed by atoms with Gasteiger partial charge in [0.15, 0.2) is 0 Å². The third-order valence-corrected chi connectivity index (χ3v) is 1.16. The quantitative estimate of drug-likeness (QED) is 0.495. The van der Waals surface area contributed by atoms with E-state index in [1.165, 1.54) is 0 Å². The largest absolute Gasteiger partial charge is 0.319 e. The molecule has 44 valence electrons. The van der Waals surface area contributed by atoms with Crippen molar-refractivity contribution in [3.63, 3.8) is 0 Å². The summed E-state index contributed by atoms with van der Waals surface area (Å²) in [4.78, 5) is 0. The van der Waals surface area contributed by atoms with Crippen molar-refractivity contribution in [2.24, 2.45) is 5.14 Å². The molecule has 1 atom stereocenters. The zero-order valence-corrected chi connectivity index (χ0v) is 5.12. The van der Waals surface area contributed by atoms with E-state index in [-0.39, 0.29) is 0 Å². The van der Waals surface area contributed by atoms with Gasteiger partial charge in [0.05, 0.1) is 16.7 Å². The lowest BCUT2D eigenvalue weighted by atomic mass is 10.8. The van der Waals surface area contributed by atoms with E-state index in [0.29, 0.717) is 5.75 Å². The van der Waals surface area contributed by atoms with Crippen LogP contribution in [0.15, 0.2) is 0 Å². The van der Waals surface area contributed by atoms with Crippen LogP contribution in [0.1, 0.15) is 0 Å². The molecule has 0 fully saturated rings. The molecule has 0 saturated carbocycles. The topological polar surface area (TPSA) is 55.1 Å². The molecule has 0 saturated heterocycles. The Kier molecular flexibility index (Phi) is 4.28. The van der Waals surface area contributed by atoms with Crippen molar-refractivity contribution < 1.29 is 4.21 Å². The van der Waals surface area contributed by atoms with Gasteiger partial charge in [-0.2, -0.15) is 0 Å². The Morgan fingerprint density at radius 2 is 2.43 bits per heavy atom. The minimum absolute atomic E-state index is 0.538. The highest BCUT2D eigenvalue weighted by molar-refractivity contribution is 7.82. The summed E-state index contributed by atoms with van der Waals surface area (Å²) in [5.74, 6) is 0.538. The molecule has 3 N–H and O–H groups in total. The van der Waals surface area contributed by atoms with E-state index in [0.717, 1.165) is 6.54 Å². The van der Waals surface area contributed by atoms with Crippen molar-refractivity contribution >= 4 is 11.0 Å². The van der Waals surface area contributed by atoms with Crippen molar-refractivity contribution in [2.45, 2.75) is 0 Å². The van der Waals surface area contributed by atoms with Crippen LogP contribution in [0.3, 0.4) is 0 Å². The third kappa shape index (κ3) is 6.07. The van der Waals surface area contributed by atoms with Gasteiger partial charge in [0.1, 0.15) is 0 Å². The highest BCUT2D eigenvalue weighted by Crippen LogP contribution is 1.62. The van der Waals surface area contributed by atoms with Gasteiger partial charge in [0.2, 0.25) is 0 Å². The van der Waals surface area contributed by atoms with Gasteiger partial charge >= 0.3 is 0 Å². The fraction of sp³-hybridized carbons (Fsp3) is 1.00. The Labute approximate surface area is 45.9 Å². The van der Waals surface area contributed by atoms with Gasteiger partial charge in [-0.25, -0.2) is 4.21 Å². The number of hydrogen-bond donors (Lipinski definition) is 2. The smallest absolute Gasteiger partial charge is 0.0900 e. The Bertz CT molecular complexity index is 66.0. The minimum atomic E-state index is -1.13. The summed E-state index contributed by atoms with van der Waals surface area (Å²) < 4.78 is 10.1. The van der Waals surface area contributed by atoms with Crippen LogP contribution < -0.4 is 10.5 Å². The lowest BCUT2D eigenvalue weighted by molar-refractivity contribution is 0.681. The van der Waals surface area contributed by atoms with Crippen molar-refractivity contribution in [1.29, 1.82) is 0 Å². The Balaban J connectivity index is 2.82.